The lowest BCUT2D eigenvalue weighted by Gasteiger charge is -2.09. The molecule has 0 aliphatic carbocycles. The topological polar surface area (TPSA) is 59.1 Å². The molecule has 0 heterocycles. The molecule has 5 heteroatoms. The summed E-state index contributed by atoms with van der Waals surface area (Å²) in [4.78, 5) is 0. The fourth-order valence-electron chi connectivity index (χ4n) is 1.91. The SMILES string of the molecule is CCCCCCCCOc1c(F)cc(C(=N)N)cc1F. The molecule has 0 spiro atoms. The van der Waals surface area contributed by atoms with Crippen molar-refractivity contribution in [1.29, 1.82) is 5.41 Å². The van der Waals surface area contributed by atoms with Crippen molar-refractivity contribution in [1.82, 2.24) is 0 Å². The second-order valence-corrected chi connectivity index (χ2v) is 4.80. The van der Waals surface area contributed by atoms with E-state index in [1.165, 1.54) is 19.3 Å². The lowest BCUT2D eigenvalue weighted by Crippen LogP contribution is -2.12. The number of hydrogen-bond acceptors (Lipinski definition) is 2. The molecular formula is C15H22F2N2O. The van der Waals surface area contributed by atoms with Gasteiger partial charge in [-0.2, -0.15) is 0 Å². The van der Waals surface area contributed by atoms with E-state index in [4.69, 9.17) is 15.9 Å². The van der Waals surface area contributed by atoms with E-state index >= 15 is 0 Å². The van der Waals surface area contributed by atoms with Gasteiger partial charge in [-0.1, -0.05) is 39.0 Å². The normalized spacial score (nSPS) is 10.6. The molecule has 0 amide bonds. The first-order valence-electron chi connectivity index (χ1n) is 7.02. The van der Waals surface area contributed by atoms with E-state index in [2.05, 4.69) is 6.92 Å². The molecule has 1 aromatic rings. The lowest BCUT2D eigenvalue weighted by molar-refractivity contribution is 0.275. The van der Waals surface area contributed by atoms with Crippen molar-refractivity contribution in [3.63, 3.8) is 0 Å². The first-order chi connectivity index (χ1) is 9.56. The van der Waals surface area contributed by atoms with E-state index in [-0.39, 0.29) is 17.1 Å². The highest BCUT2D eigenvalue weighted by atomic mass is 19.1. The molecule has 20 heavy (non-hydrogen) atoms. The third kappa shape index (κ3) is 5.15. The van der Waals surface area contributed by atoms with E-state index in [1.54, 1.807) is 0 Å². The standard InChI is InChI=1S/C15H22F2N2O/c1-2-3-4-5-6-7-8-20-14-12(16)9-11(15(18)19)10-13(14)17/h9-10H,2-8H2,1H3,(H3,18,19). The van der Waals surface area contributed by atoms with Gasteiger partial charge in [0.1, 0.15) is 5.84 Å². The molecule has 1 rings (SSSR count). The Morgan fingerprint density at radius 3 is 2.20 bits per heavy atom. The highest BCUT2D eigenvalue weighted by molar-refractivity contribution is 5.95. The number of unbranched alkanes of at least 4 members (excludes halogenated alkanes) is 5. The molecule has 1 aromatic carbocycles. The van der Waals surface area contributed by atoms with Gasteiger partial charge in [0.2, 0.25) is 0 Å². The van der Waals surface area contributed by atoms with E-state index in [9.17, 15) is 8.78 Å². The number of nitrogens with two attached hydrogens (primary N) is 1. The fourth-order valence-corrected chi connectivity index (χ4v) is 1.91. The maximum Gasteiger partial charge on any atom is 0.190 e. The number of amidine groups is 1. The zero-order chi connectivity index (χ0) is 15.0. The van der Waals surface area contributed by atoms with Gasteiger partial charge in [-0.3, -0.25) is 5.41 Å². The molecule has 0 aliphatic rings. The minimum absolute atomic E-state index is 0.0203. The highest BCUT2D eigenvalue weighted by Gasteiger charge is 2.13. The largest absolute Gasteiger partial charge is 0.488 e. The third-order valence-electron chi connectivity index (χ3n) is 3.05. The zero-order valence-electron chi connectivity index (χ0n) is 11.8. The van der Waals surface area contributed by atoms with Gasteiger partial charge in [0, 0.05) is 5.56 Å². The van der Waals surface area contributed by atoms with Crippen LogP contribution in [-0.4, -0.2) is 12.4 Å². The Hall–Kier alpha value is -1.65. The number of rotatable bonds is 9. The first kappa shape index (κ1) is 16.4. The van der Waals surface area contributed by atoms with Crippen molar-refractivity contribution in [3.8, 4) is 5.75 Å². The molecule has 0 saturated carbocycles. The van der Waals surface area contributed by atoms with Gasteiger partial charge in [0.25, 0.3) is 0 Å². The van der Waals surface area contributed by atoms with Crippen LogP contribution in [0.2, 0.25) is 0 Å². The molecule has 0 aliphatic heterocycles. The van der Waals surface area contributed by atoms with E-state index in [1.807, 2.05) is 0 Å². The van der Waals surface area contributed by atoms with Crippen LogP contribution in [0.15, 0.2) is 12.1 Å². The summed E-state index contributed by atoms with van der Waals surface area (Å²) in [6.07, 6.45) is 6.48. The first-order valence-corrected chi connectivity index (χ1v) is 7.02. The third-order valence-corrected chi connectivity index (χ3v) is 3.05. The van der Waals surface area contributed by atoms with E-state index < -0.39 is 11.6 Å². The van der Waals surface area contributed by atoms with Gasteiger partial charge in [-0.25, -0.2) is 8.78 Å². The molecule has 0 unspecified atom stereocenters. The van der Waals surface area contributed by atoms with Gasteiger partial charge >= 0.3 is 0 Å². The average molecular weight is 284 g/mol. The van der Waals surface area contributed by atoms with Gasteiger partial charge in [0.05, 0.1) is 6.61 Å². The molecule has 0 bridgehead atoms. The second-order valence-electron chi connectivity index (χ2n) is 4.80. The minimum Gasteiger partial charge on any atom is -0.488 e. The summed E-state index contributed by atoms with van der Waals surface area (Å²) < 4.78 is 32.4. The number of halogens is 2. The molecule has 0 fully saturated rings. The van der Waals surface area contributed by atoms with Crippen molar-refractivity contribution in [2.24, 2.45) is 5.73 Å². The Labute approximate surface area is 118 Å². The summed E-state index contributed by atoms with van der Waals surface area (Å²) >= 11 is 0. The average Bonchev–Trinajstić information content (AvgIpc) is 2.40. The predicted molar refractivity (Wildman–Crippen MR) is 76.2 cm³/mol. The molecule has 112 valence electrons. The number of nitrogen functional groups attached to an aromatic ring is 1. The van der Waals surface area contributed by atoms with Gasteiger partial charge < -0.3 is 10.5 Å². The van der Waals surface area contributed by atoms with Crippen molar-refractivity contribution in [2.75, 3.05) is 6.61 Å². The highest BCUT2D eigenvalue weighted by Crippen LogP contribution is 2.23. The number of benzene rings is 1. The fraction of sp³-hybridized carbons (Fsp3) is 0.533. The monoisotopic (exact) mass is 284 g/mol. The molecule has 3 nitrogen and oxygen atoms in total. The van der Waals surface area contributed by atoms with Crippen LogP contribution in [0.1, 0.15) is 51.0 Å². The predicted octanol–water partition coefficient (Wildman–Crippen LogP) is 3.99. The van der Waals surface area contributed by atoms with Gasteiger partial charge in [-0.05, 0) is 18.6 Å². The minimum atomic E-state index is -0.818. The maximum absolute atomic E-state index is 13.6. The quantitative estimate of drug-likeness (QED) is 0.409. The van der Waals surface area contributed by atoms with Crippen LogP contribution in [0, 0.1) is 17.0 Å². The zero-order valence-corrected chi connectivity index (χ0v) is 11.8. The summed E-state index contributed by atoms with van der Waals surface area (Å²) in [7, 11) is 0. The Morgan fingerprint density at radius 1 is 1.10 bits per heavy atom. The van der Waals surface area contributed by atoms with Crippen LogP contribution in [0.5, 0.6) is 5.75 Å². The van der Waals surface area contributed by atoms with Crippen LogP contribution in [0.4, 0.5) is 8.78 Å². The molecule has 3 N–H and O–H groups in total. The van der Waals surface area contributed by atoms with E-state index in [0.717, 1.165) is 31.4 Å². The molecule has 0 aromatic heterocycles. The van der Waals surface area contributed by atoms with Gasteiger partial charge in [-0.15, -0.1) is 0 Å². The summed E-state index contributed by atoms with van der Waals surface area (Å²) in [5.74, 6) is -2.39. The molecule has 0 atom stereocenters. The summed E-state index contributed by atoms with van der Waals surface area (Å²) in [6.45, 7) is 2.44. The van der Waals surface area contributed by atoms with Crippen LogP contribution in [0.25, 0.3) is 0 Å². The maximum atomic E-state index is 13.6. The van der Waals surface area contributed by atoms with Crippen molar-refractivity contribution < 1.29 is 13.5 Å². The van der Waals surface area contributed by atoms with Crippen molar-refractivity contribution in [2.45, 2.75) is 45.4 Å². The number of nitrogens with one attached hydrogen (secondary N) is 1. The van der Waals surface area contributed by atoms with Crippen molar-refractivity contribution >= 4 is 5.84 Å². The number of ether oxygens (including phenoxy) is 1. The number of hydrogen-bond donors (Lipinski definition) is 2. The van der Waals surface area contributed by atoms with Crippen LogP contribution >= 0.6 is 0 Å². The van der Waals surface area contributed by atoms with Crippen LogP contribution in [0.3, 0.4) is 0 Å². The van der Waals surface area contributed by atoms with Gasteiger partial charge in [0.15, 0.2) is 17.4 Å². The van der Waals surface area contributed by atoms with Crippen LogP contribution < -0.4 is 10.5 Å². The Morgan fingerprint density at radius 2 is 1.65 bits per heavy atom. The lowest BCUT2D eigenvalue weighted by atomic mass is 10.1. The Kier molecular flexibility index (Phi) is 6.98. The smallest absolute Gasteiger partial charge is 0.190 e. The van der Waals surface area contributed by atoms with Crippen molar-refractivity contribution in [3.05, 3.63) is 29.3 Å². The van der Waals surface area contributed by atoms with E-state index in [0.29, 0.717) is 6.61 Å². The Balaban J connectivity index is 2.42. The molecule has 0 radical (unpaired) electrons. The summed E-state index contributed by atoms with van der Waals surface area (Å²) in [6, 6.07) is 2.03. The second kappa shape index (κ2) is 8.51. The molecule has 0 saturated heterocycles. The molecular weight excluding hydrogens is 262 g/mol. The summed E-state index contributed by atoms with van der Waals surface area (Å²) in [5.41, 5.74) is 5.21. The van der Waals surface area contributed by atoms with Crippen LogP contribution in [-0.2, 0) is 0 Å². The Bertz CT molecular complexity index is 426. The summed E-state index contributed by atoms with van der Waals surface area (Å²) in [5, 5.41) is 7.15.